The maximum Gasteiger partial charge on any atom is 0.359 e. The van der Waals surface area contributed by atoms with E-state index in [1.165, 1.54) is 30.8 Å². The van der Waals surface area contributed by atoms with Crippen molar-refractivity contribution < 1.29 is 28.8 Å². The fourth-order valence-electron chi connectivity index (χ4n) is 3.17. The molecule has 176 valence electrons. The van der Waals surface area contributed by atoms with Crippen LogP contribution in [-0.4, -0.2) is 51.3 Å². The lowest BCUT2D eigenvalue weighted by Gasteiger charge is -2.09. The molecule has 0 aliphatic carbocycles. The van der Waals surface area contributed by atoms with Crippen LogP contribution in [-0.2, 0) is 16.1 Å². The summed E-state index contributed by atoms with van der Waals surface area (Å²) in [5.41, 5.74) is -0.618. The Morgan fingerprint density at radius 3 is 2.44 bits per heavy atom. The number of benzene rings is 2. The number of carbonyl (C=O) groups excluding carboxylic acids is 3. The first kappa shape index (κ1) is 24.0. The van der Waals surface area contributed by atoms with E-state index in [0.29, 0.717) is 5.75 Å². The van der Waals surface area contributed by atoms with Gasteiger partial charge in [-0.3, -0.25) is 19.7 Å². The molecule has 0 saturated heterocycles. The number of ether oxygens (including phenoxy) is 2. The number of anilines is 1. The highest BCUT2D eigenvalue weighted by molar-refractivity contribution is 6.14. The topological polar surface area (TPSA) is 156 Å². The summed E-state index contributed by atoms with van der Waals surface area (Å²) in [5.74, 6) is -1.52. The molecule has 0 fully saturated rings. The van der Waals surface area contributed by atoms with Crippen LogP contribution in [0.3, 0.4) is 0 Å². The Kier molecular flexibility index (Phi) is 7.31. The van der Waals surface area contributed by atoms with Crippen molar-refractivity contribution in [2.45, 2.75) is 20.4 Å². The normalized spacial score (nSPS) is 10.4. The molecule has 0 aliphatic rings. The van der Waals surface area contributed by atoms with Crippen molar-refractivity contribution in [2.24, 2.45) is 0 Å². The lowest BCUT2D eigenvalue weighted by Crippen LogP contribution is -2.18. The van der Waals surface area contributed by atoms with Gasteiger partial charge in [0, 0.05) is 18.7 Å². The average Bonchev–Trinajstić information content (AvgIpc) is 3.22. The minimum absolute atomic E-state index is 0.0335. The first-order chi connectivity index (χ1) is 16.2. The summed E-state index contributed by atoms with van der Waals surface area (Å²) in [6.07, 6.45) is 0. The summed E-state index contributed by atoms with van der Waals surface area (Å²) in [6.45, 7) is 2.97. The van der Waals surface area contributed by atoms with Crippen LogP contribution < -0.4 is 10.1 Å². The predicted octanol–water partition coefficient (Wildman–Crippen LogP) is 2.61. The SMILES string of the molecule is CCOC(=O)c1c(C(=O)c2ccc(NC(C)=O)cc2[N+](=O)[O-])nnn1Cc1ccc(OC)cc1. The summed E-state index contributed by atoms with van der Waals surface area (Å²) in [7, 11) is 1.53. The van der Waals surface area contributed by atoms with Crippen LogP contribution in [0.5, 0.6) is 5.75 Å². The molecule has 2 aromatic carbocycles. The molecular weight excluding hydrogens is 446 g/mol. The van der Waals surface area contributed by atoms with Crippen molar-refractivity contribution in [2.75, 3.05) is 19.0 Å². The summed E-state index contributed by atoms with van der Waals surface area (Å²) >= 11 is 0. The average molecular weight is 467 g/mol. The van der Waals surface area contributed by atoms with Gasteiger partial charge in [0.15, 0.2) is 11.4 Å². The largest absolute Gasteiger partial charge is 0.497 e. The number of nitro benzene ring substituents is 1. The molecule has 0 atom stereocenters. The molecule has 1 amide bonds. The molecule has 0 unspecified atom stereocenters. The van der Waals surface area contributed by atoms with E-state index in [-0.39, 0.29) is 35.8 Å². The lowest BCUT2D eigenvalue weighted by atomic mass is 10.0. The van der Waals surface area contributed by atoms with Crippen LogP contribution in [0.4, 0.5) is 11.4 Å². The zero-order valence-corrected chi connectivity index (χ0v) is 18.6. The first-order valence-corrected chi connectivity index (χ1v) is 10.1. The highest BCUT2D eigenvalue weighted by atomic mass is 16.6. The van der Waals surface area contributed by atoms with Crippen molar-refractivity contribution in [3.05, 3.63) is 75.1 Å². The molecule has 1 aromatic heterocycles. The smallest absolute Gasteiger partial charge is 0.359 e. The first-order valence-electron chi connectivity index (χ1n) is 10.1. The second-order valence-corrected chi connectivity index (χ2v) is 7.01. The lowest BCUT2D eigenvalue weighted by molar-refractivity contribution is -0.385. The van der Waals surface area contributed by atoms with E-state index >= 15 is 0 Å². The summed E-state index contributed by atoms with van der Waals surface area (Å²) in [5, 5.41) is 21.8. The molecule has 12 nitrogen and oxygen atoms in total. The number of amides is 1. The number of rotatable bonds is 9. The minimum atomic E-state index is -0.884. The number of carbonyl (C=O) groups is 3. The Hall–Kier alpha value is -4.61. The van der Waals surface area contributed by atoms with Gasteiger partial charge in [0.25, 0.3) is 5.69 Å². The monoisotopic (exact) mass is 467 g/mol. The van der Waals surface area contributed by atoms with Crippen molar-refractivity contribution in [3.63, 3.8) is 0 Å². The van der Waals surface area contributed by atoms with Gasteiger partial charge in [0.05, 0.1) is 25.2 Å². The van der Waals surface area contributed by atoms with Gasteiger partial charge in [-0.05, 0) is 36.8 Å². The zero-order chi connectivity index (χ0) is 24.8. The fourth-order valence-corrected chi connectivity index (χ4v) is 3.17. The molecular formula is C22H21N5O7. The Balaban J connectivity index is 2.04. The Labute approximate surface area is 193 Å². The van der Waals surface area contributed by atoms with Crippen LogP contribution in [0.25, 0.3) is 0 Å². The third kappa shape index (κ3) is 5.23. The minimum Gasteiger partial charge on any atom is -0.497 e. The van der Waals surface area contributed by atoms with Gasteiger partial charge in [-0.2, -0.15) is 0 Å². The molecule has 1 N–H and O–H groups in total. The van der Waals surface area contributed by atoms with Crippen molar-refractivity contribution in [3.8, 4) is 5.75 Å². The number of ketones is 1. The summed E-state index contributed by atoms with van der Waals surface area (Å²) < 4.78 is 11.4. The van der Waals surface area contributed by atoms with Gasteiger partial charge in [-0.1, -0.05) is 17.3 Å². The molecule has 0 saturated carbocycles. The molecule has 12 heteroatoms. The van der Waals surface area contributed by atoms with Gasteiger partial charge >= 0.3 is 5.97 Å². The van der Waals surface area contributed by atoms with Gasteiger partial charge in [-0.25, -0.2) is 9.48 Å². The maximum absolute atomic E-state index is 13.3. The van der Waals surface area contributed by atoms with E-state index in [1.54, 1.807) is 31.2 Å². The number of nitro groups is 1. The zero-order valence-electron chi connectivity index (χ0n) is 18.6. The second-order valence-electron chi connectivity index (χ2n) is 7.01. The third-order valence-electron chi connectivity index (χ3n) is 4.67. The number of hydrogen-bond acceptors (Lipinski definition) is 9. The number of nitrogens with one attached hydrogen (secondary N) is 1. The third-order valence-corrected chi connectivity index (χ3v) is 4.67. The van der Waals surface area contributed by atoms with Crippen LogP contribution in [0.1, 0.15) is 46.0 Å². The van der Waals surface area contributed by atoms with Gasteiger partial charge in [-0.15, -0.1) is 5.10 Å². The van der Waals surface area contributed by atoms with E-state index in [4.69, 9.17) is 9.47 Å². The molecule has 0 bridgehead atoms. The Morgan fingerprint density at radius 1 is 1.15 bits per heavy atom. The van der Waals surface area contributed by atoms with Gasteiger partial charge in [0.2, 0.25) is 11.7 Å². The van der Waals surface area contributed by atoms with Crippen molar-refractivity contribution >= 4 is 29.0 Å². The Bertz CT molecular complexity index is 1250. The van der Waals surface area contributed by atoms with Gasteiger partial charge in [0.1, 0.15) is 11.3 Å². The molecule has 0 spiro atoms. The van der Waals surface area contributed by atoms with Crippen LogP contribution in [0.2, 0.25) is 0 Å². The standard InChI is InChI=1S/C22H21N5O7/c1-4-34-22(30)20-19(24-25-26(20)12-14-5-8-16(33-3)9-6-14)21(29)17-10-7-15(23-13(2)28)11-18(17)27(31)32/h5-11H,4,12H2,1-3H3,(H,23,28). The van der Waals surface area contributed by atoms with E-state index in [1.807, 2.05) is 0 Å². The second kappa shape index (κ2) is 10.3. The number of aromatic nitrogens is 3. The summed E-state index contributed by atoms with van der Waals surface area (Å²) in [4.78, 5) is 48.1. The highest BCUT2D eigenvalue weighted by Gasteiger charge is 2.31. The van der Waals surface area contributed by atoms with E-state index in [0.717, 1.165) is 11.6 Å². The van der Waals surface area contributed by atoms with Crippen molar-refractivity contribution in [1.29, 1.82) is 0 Å². The van der Waals surface area contributed by atoms with Crippen LogP contribution in [0, 0.1) is 10.1 Å². The van der Waals surface area contributed by atoms with Crippen LogP contribution >= 0.6 is 0 Å². The molecule has 3 aromatic rings. The molecule has 34 heavy (non-hydrogen) atoms. The van der Waals surface area contributed by atoms with E-state index in [9.17, 15) is 24.5 Å². The number of esters is 1. The quantitative estimate of drug-likeness (QED) is 0.216. The van der Waals surface area contributed by atoms with Gasteiger partial charge < -0.3 is 14.8 Å². The molecule has 3 rings (SSSR count). The molecule has 1 heterocycles. The molecule has 0 radical (unpaired) electrons. The van der Waals surface area contributed by atoms with E-state index < -0.39 is 28.3 Å². The maximum atomic E-state index is 13.3. The highest BCUT2D eigenvalue weighted by Crippen LogP contribution is 2.27. The van der Waals surface area contributed by atoms with E-state index in [2.05, 4.69) is 15.6 Å². The Morgan fingerprint density at radius 2 is 1.85 bits per heavy atom. The van der Waals surface area contributed by atoms with Crippen molar-refractivity contribution in [1.82, 2.24) is 15.0 Å². The number of nitrogens with zero attached hydrogens (tertiary/aromatic N) is 4. The predicted molar refractivity (Wildman–Crippen MR) is 119 cm³/mol. The van der Waals surface area contributed by atoms with Crippen LogP contribution in [0.15, 0.2) is 42.5 Å². The number of hydrogen-bond donors (Lipinski definition) is 1. The number of methoxy groups -OCH3 is 1. The fraction of sp³-hybridized carbons (Fsp3) is 0.227. The summed E-state index contributed by atoms with van der Waals surface area (Å²) in [6, 6.07) is 10.5. The molecule has 0 aliphatic heterocycles.